The molecular formula is C16H18N2O3. The minimum atomic E-state index is -0.401. The van der Waals surface area contributed by atoms with Crippen LogP contribution < -0.4 is 4.74 Å². The van der Waals surface area contributed by atoms with Gasteiger partial charge in [-0.05, 0) is 31.4 Å². The summed E-state index contributed by atoms with van der Waals surface area (Å²) in [6.45, 7) is 1.94. The summed E-state index contributed by atoms with van der Waals surface area (Å²) in [7, 11) is 1.60. The molecule has 0 N–H and O–H groups in total. The van der Waals surface area contributed by atoms with Crippen LogP contribution in [0.3, 0.4) is 0 Å². The standard InChI is InChI=1S/C16H18N2O3/c1-20-14-8-4-3-7-12(14)15-13(16(19)21-17-15)11-18-9-5-2-6-10-18/h3-4,7-8,11H,2,5-6,9-10H2,1H3. The Morgan fingerprint density at radius 3 is 2.76 bits per heavy atom. The maximum absolute atomic E-state index is 12.0. The van der Waals surface area contributed by atoms with Gasteiger partial charge in [-0.25, -0.2) is 4.79 Å². The molecule has 0 unspecified atom stereocenters. The number of oxime groups is 1. The molecule has 0 amide bonds. The monoisotopic (exact) mass is 286 g/mol. The van der Waals surface area contributed by atoms with Crippen LogP contribution in [0.2, 0.25) is 0 Å². The van der Waals surface area contributed by atoms with E-state index in [9.17, 15) is 4.79 Å². The van der Waals surface area contributed by atoms with Gasteiger partial charge in [0.15, 0.2) is 0 Å². The van der Waals surface area contributed by atoms with Crippen LogP contribution in [-0.2, 0) is 9.63 Å². The zero-order valence-electron chi connectivity index (χ0n) is 12.0. The van der Waals surface area contributed by atoms with Crippen molar-refractivity contribution in [2.45, 2.75) is 19.3 Å². The van der Waals surface area contributed by atoms with Crippen molar-refractivity contribution >= 4 is 11.7 Å². The molecular weight excluding hydrogens is 268 g/mol. The molecule has 2 aliphatic rings. The second-order valence-corrected chi connectivity index (χ2v) is 5.16. The third-order valence-electron chi connectivity index (χ3n) is 3.76. The first-order valence-electron chi connectivity index (χ1n) is 7.18. The summed E-state index contributed by atoms with van der Waals surface area (Å²) in [6.07, 6.45) is 5.43. The number of carbonyl (C=O) groups is 1. The van der Waals surface area contributed by atoms with Crippen molar-refractivity contribution in [3.63, 3.8) is 0 Å². The lowest BCUT2D eigenvalue weighted by atomic mass is 10.0. The van der Waals surface area contributed by atoms with Crippen LogP contribution in [-0.4, -0.2) is 36.8 Å². The van der Waals surface area contributed by atoms with Crippen LogP contribution in [0.5, 0.6) is 5.75 Å². The lowest BCUT2D eigenvalue weighted by molar-refractivity contribution is -0.136. The first kappa shape index (κ1) is 13.7. The highest BCUT2D eigenvalue weighted by Crippen LogP contribution is 2.26. The van der Waals surface area contributed by atoms with E-state index < -0.39 is 5.97 Å². The molecule has 1 aromatic carbocycles. The number of benzene rings is 1. The molecule has 0 aromatic heterocycles. The van der Waals surface area contributed by atoms with Crippen molar-refractivity contribution in [2.24, 2.45) is 5.16 Å². The molecule has 0 spiro atoms. The summed E-state index contributed by atoms with van der Waals surface area (Å²) >= 11 is 0. The van der Waals surface area contributed by atoms with Gasteiger partial charge in [0.2, 0.25) is 0 Å². The predicted molar refractivity (Wildman–Crippen MR) is 79.1 cm³/mol. The first-order chi connectivity index (χ1) is 10.3. The highest BCUT2D eigenvalue weighted by molar-refractivity contribution is 6.29. The average Bonchev–Trinajstić information content (AvgIpc) is 2.89. The maximum atomic E-state index is 12.0. The summed E-state index contributed by atoms with van der Waals surface area (Å²) in [5.41, 5.74) is 1.82. The minimum absolute atomic E-state index is 0.401. The van der Waals surface area contributed by atoms with Gasteiger partial charge in [0.05, 0.1) is 7.11 Å². The third-order valence-corrected chi connectivity index (χ3v) is 3.76. The van der Waals surface area contributed by atoms with E-state index in [4.69, 9.17) is 9.57 Å². The van der Waals surface area contributed by atoms with Crippen molar-refractivity contribution in [1.82, 2.24) is 4.90 Å². The van der Waals surface area contributed by atoms with Gasteiger partial charge in [0, 0.05) is 24.9 Å². The first-order valence-corrected chi connectivity index (χ1v) is 7.18. The molecule has 0 aliphatic carbocycles. The fraction of sp³-hybridized carbons (Fsp3) is 0.375. The van der Waals surface area contributed by atoms with E-state index >= 15 is 0 Å². The molecule has 5 nitrogen and oxygen atoms in total. The highest BCUT2D eigenvalue weighted by Gasteiger charge is 2.29. The Morgan fingerprint density at radius 2 is 2.00 bits per heavy atom. The summed E-state index contributed by atoms with van der Waals surface area (Å²) < 4.78 is 5.34. The zero-order chi connectivity index (χ0) is 14.7. The molecule has 0 bridgehead atoms. The maximum Gasteiger partial charge on any atom is 0.369 e. The predicted octanol–water partition coefficient (Wildman–Crippen LogP) is 2.33. The van der Waals surface area contributed by atoms with Crippen LogP contribution in [0.1, 0.15) is 24.8 Å². The van der Waals surface area contributed by atoms with Gasteiger partial charge >= 0.3 is 5.97 Å². The molecule has 1 saturated heterocycles. The number of methoxy groups -OCH3 is 1. The SMILES string of the molecule is COc1ccccc1C1=NOC(=O)C1=CN1CCCCC1. The molecule has 3 rings (SSSR count). The summed E-state index contributed by atoms with van der Waals surface area (Å²) in [5.74, 6) is 0.278. The van der Waals surface area contributed by atoms with Crippen LogP contribution >= 0.6 is 0 Å². The minimum Gasteiger partial charge on any atom is -0.496 e. The molecule has 110 valence electrons. The van der Waals surface area contributed by atoms with Crippen molar-refractivity contribution in [2.75, 3.05) is 20.2 Å². The van der Waals surface area contributed by atoms with Gasteiger partial charge < -0.3 is 14.5 Å². The van der Waals surface area contributed by atoms with Crippen molar-refractivity contribution < 1.29 is 14.4 Å². The number of hydrogen-bond acceptors (Lipinski definition) is 5. The Bertz CT molecular complexity index is 601. The number of ether oxygens (including phenoxy) is 1. The summed E-state index contributed by atoms with van der Waals surface area (Å²) in [4.78, 5) is 19.0. The second-order valence-electron chi connectivity index (χ2n) is 5.16. The number of rotatable bonds is 3. The Morgan fingerprint density at radius 1 is 1.24 bits per heavy atom. The van der Waals surface area contributed by atoms with Crippen molar-refractivity contribution in [1.29, 1.82) is 0 Å². The van der Waals surface area contributed by atoms with Crippen LogP contribution in [0.25, 0.3) is 0 Å². The number of likely N-dealkylation sites (tertiary alicyclic amines) is 1. The summed E-state index contributed by atoms with van der Waals surface area (Å²) in [5, 5.41) is 3.93. The van der Waals surface area contributed by atoms with E-state index in [2.05, 4.69) is 10.1 Å². The Balaban J connectivity index is 1.93. The van der Waals surface area contributed by atoms with E-state index in [0.29, 0.717) is 17.0 Å². The zero-order valence-corrected chi connectivity index (χ0v) is 12.0. The van der Waals surface area contributed by atoms with Crippen LogP contribution in [0.15, 0.2) is 41.2 Å². The van der Waals surface area contributed by atoms with E-state index in [1.807, 2.05) is 30.5 Å². The smallest absolute Gasteiger partial charge is 0.369 e. The largest absolute Gasteiger partial charge is 0.496 e. The Hall–Kier alpha value is -2.30. The van der Waals surface area contributed by atoms with Gasteiger partial charge in [-0.1, -0.05) is 17.3 Å². The summed E-state index contributed by atoms with van der Waals surface area (Å²) in [6, 6.07) is 7.50. The van der Waals surface area contributed by atoms with Gasteiger partial charge in [-0.3, -0.25) is 0 Å². The molecule has 1 aromatic rings. The Labute approximate surface area is 123 Å². The van der Waals surface area contributed by atoms with Gasteiger partial charge in [0.1, 0.15) is 17.0 Å². The molecule has 5 heteroatoms. The fourth-order valence-electron chi connectivity index (χ4n) is 2.66. The van der Waals surface area contributed by atoms with E-state index in [1.54, 1.807) is 7.11 Å². The molecule has 0 radical (unpaired) electrons. The quantitative estimate of drug-likeness (QED) is 0.632. The number of para-hydroxylation sites is 1. The van der Waals surface area contributed by atoms with E-state index in [1.165, 1.54) is 6.42 Å². The molecule has 0 atom stereocenters. The van der Waals surface area contributed by atoms with Gasteiger partial charge in [-0.15, -0.1) is 0 Å². The fourth-order valence-corrected chi connectivity index (χ4v) is 2.66. The number of carbonyl (C=O) groups excluding carboxylic acids is 1. The third kappa shape index (κ3) is 2.77. The topological polar surface area (TPSA) is 51.1 Å². The molecule has 2 heterocycles. The number of piperidine rings is 1. The lowest BCUT2D eigenvalue weighted by Gasteiger charge is -2.25. The van der Waals surface area contributed by atoms with Gasteiger partial charge in [0.25, 0.3) is 0 Å². The van der Waals surface area contributed by atoms with Crippen molar-refractivity contribution in [3.8, 4) is 5.75 Å². The van der Waals surface area contributed by atoms with Gasteiger partial charge in [-0.2, -0.15) is 0 Å². The van der Waals surface area contributed by atoms with E-state index in [0.717, 1.165) is 31.5 Å². The highest BCUT2D eigenvalue weighted by atomic mass is 16.7. The molecule has 1 fully saturated rings. The van der Waals surface area contributed by atoms with Crippen molar-refractivity contribution in [3.05, 3.63) is 41.6 Å². The molecule has 21 heavy (non-hydrogen) atoms. The average molecular weight is 286 g/mol. The number of nitrogens with zero attached hydrogens (tertiary/aromatic N) is 2. The van der Waals surface area contributed by atoms with Crippen LogP contribution in [0, 0.1) is 0 Å². The molecule has 2 aliphatic heterocycles. The second kappa shape index (κ2) is 5.99. The van der Waals surface area contributed by atoms with Crippen LogP contribution in [0.4, 0.5) is 0 Å². The lowest BCUT2D eigenvalue weighted by Crippen LogP contribution is -2.26. The molecule has 0 saturated carbocycles. The number of hydrogen-bond donors (Lipinski definition) is 0. The Kier molecular flexibility index (Phi) is 3.90. The van der Waals surface area contributed by atoms with E-state index in [-0.39, 0.29) is 0 Å². The normalized spacial score (nSPS) is 20.4.